The average molecular weight is 452 g/mol. The molecule has 168 valence electrons. The van der Waals surface area contributed by atoms with Crippen molar-refractivity contribution < 1.29 is 9.13 Å². The predicted octanol–water partition coefficient (Wildman–Crippen LogP) is 5.87. The van der Waals surface area contributed by atoms with E-state index in [1.165, 1.54) is 6.42 Å². The van der Waals surface area contributed by atoms with Gasteiger partial charge in [0.1, 0.15) is 11.6 Å². The summed E-state index contributed by atoms with van der Waals surface area (Å²) in [5.41, 5.74) is 2.72. The Hall–Kier alpha value is -2.60. The molecule has 0 bridgehead atoms. The molecule has 5 rings (SSSR count). The number of hydrogen-bond acceptors (Lipinski definition) is 5. The first-order valence-electron chi connectivity index (χ1n) is 11.6. The number of nitrogens with zero attached hydrogens (tertiary/aromatic N) is 3. The number of para-hydroxylation sites is 2. The molecule has 0 unspecified atom stereocenters. The van der Waals surface area contributed by atoms with Gasteiger partial charge in [0.25, 0.3) is 0 Å². The Kier molecular flexibility index (Phi) is 6.05. The van der Waals surface area contributed by atoms with E-state index in [-0.39, 0.29) is 11.2 Å². The van der Waals surface area contributed by atoms with Crippen molar-refractivity contribution in [1.29, 1.82) is 0 Å². The molecule has 1 saturated heterocycles. The third kappa shape index (κ3) is 3.85. The number of piperazine rings is 1. The number of halogens is 1. The minimum absolute atomic E-state index is 0.102. The smallest absolute Gasteiger partial charge is 0.185 e. The molecule has 2 aromatic carbocycles. The largest absolute Gasteiger partial charge is 0.495 e. The molecular weight excluding hydrogens is 421 g/mol. The summed E-state index contributed by atoms with van der Waals surface area (Å²) in [6, 6.07) is 15.5. The van der Waals surface area contributed by atoms with Crippen LogP contribution in [0.4, 0.5) is 15.2 Å². The number of aromatic nitrogens is 1. The zero-order valence-corrected chi connectivity index (χ0v) is 19.4. The van der Waals surface area contributed by atoms with E-state index in [0.29, 0.717) is 0 Å². The topological polar surface area (TPSA) is 28.6 Å². The number of rotatable bonds is 5. The van der Waals surface area contributed by atoms with Gasteiger partial charge in [-0.2, -0.15) is 0 Å². The standard InChI is InChI=1S/C26H30FN3OS/c1-31-23-12-6-5-11-22(23)29-15-17-30(18-16-29)25-28-24(19-32-25)26(13-7-2-8-14-26)20-9-3-4-10-21(20)27/h3-6,9-12,19H,2,7-8,13-18H2,1H3. The number of methoxy groups -OCH3 is 1. The SMILES string of the molecule is COc1ccccc1N1CCN(c2nc(C3(c4ccccc4F)CCCCC3)cs2)CC1. The lowest BCUT2D eigenvalue weighted by Gasteiger charge is -2.37. The van der Waals surface area contributed by atoms with Crippen LogP contribution in [0.25, 0.3) is 0 Å². The molecule has 3 aromatic rings. The lowest BCUT2D eigenvalue weighted by Crippen LogP contribution is -2.46. The van der Waals surface area contributed by atoms with Gasteiger partial charge < -0.3 is 14.5 Å². The van der Waals surface area contributed by atoms with E-state index >= 15 is 0 Å². The zero-order valence-electron chi connectivity index (χ0n) is 18.6. The van der Waals surface area contributed by atoms with Crippen LogP contribution in [0.1, 0.15) is 43.4 Å². The highest BCUT2D eigenvalue weighted by Crippen LogP contribution is 2.46. The van der Waals surface area contributed by atoms with Crippen LogP contribution in [-0.4, -0.2) is 38.3 Å². The summed E-state index contributed by atoms with van der Waals surface area (Å²) in [5, 5.41) is 3.24. The molecule has 1 aromatic heterocycles. The van der Waals surface area contributed by atoms with Crippen molar-refractivity contribution in [2.75, 3.05) is 43.1 Å². The number of benzene rings is 2. The van der Waals surface area contributed by atoms with E-state index in [1.807, 2.05) is 24.3 Å². The maximum Gasteiger partial charge on any atom is 0.185 e. The normalized spacial score (nSPS) is 18.6. The van der Waals surface area contributed by atoms with Gasteiger partial charge in [0, 0.05) is 37.0 Å². The van der Waals surface area contributed by atoms with Crippen LogP contribution >= 0.6 is 11.3 Å². The zero-order chi connectivity index (χ0) is 22.0. The second-order valence-electron chi connectivity index (χ2n) is 8.78. The van der Waals surface area contributed by atoms with Crippen molar-refractivity contribution in [3.05, 3.63) is 71.0 Å². The van der Waals surface area contributed by atoms with E-state index in [2.05, 4.69) is 27.3 Å². The Balaban J connectivity index is 1.36. The van der Waals surface area contributed by atoms with Gasteiger partial charge >= 0.3 is 0 Å². The van der Waals surface area contributed by atoms with Gasteiger partial charge in [-0.15, -0.1) is 11.3 Å². The third-order valence-electron chi connectivity index (χ3n) is 7.05. The van der Waals surface area contributed by atoms with Gasteiger partial charge in [0.2, 0.25) is 0 Å². The summed E-state index contributed by atoms with van der Waals surface area (Å²) in [6.07, 6.45) is 5.41. The highest BCUT2D eigenvalue weighted by molar-refractivity contribution is 7.13. The molecule has 1 aliphatic heterocycles. The monoisotopic (exact) mass is 451 g/mol. The molecule has 2 aliphatic rings. The van der Waals surface area contributed by atoms with Crippen molar-refractivity contribution in [3.63, 3.8) is 0 Å². The van der Waals surface area contributed by atoms with E-state index in [0.717, 1.165) is 79.7 Å². The Bertz CT molecular complexity index is 1050. The first-order chi connectivity index (χ1) is 15.7. The second-order valence-corrected chi connectivity index (χ2v) is 9.62. The van der Waals surface area contributed by atoms with Crippen molar-refractivity contribution in [1.82, 2.24) is 4.98 Å². The van der Waals surface area contributed by atoms with Crippen LogP contribution in [0, 0.1) is 5.82 Å². The van der Waals surface area contributed by atoms with Crippen LogP contribution < -0.4 is 14.5 Å². The fourth-order valence-corrected chi connectivity index (χ4v) is 6.31. The Morgan fingerprint density at radius 3 is 2.34 bits per heavy atom. The van der Waals surface area contributed by atoms with Crippen LogP contribution in [0.5, 0.6) is 5.75 Å². The fraction of sp³-hybridized carbons (Fsp3) is 0.423. The summed E-state index contributed by atoms with van der Waals surface area (Å²) in [7, 11) is 1.73. The van der Waals surface area contributed by atoms with Crippen molar-refractivity contribution in [2.45, 2.75) is 37.5 Å². The molecule has 0 N–H and O–H groups in total. The van der Waals surface area contributed by atoms with Crippen molar-refractivity contribution in [2.24, 2.45) is 0 Å². The summed E-state index contributed by atoms with van der Waals surface area (Å²) in [4.78, 5) is 9.87. The van der Waals surface area contributed by atoms with Gasteiger partial charge in [-0.3, -0.25) is 0 Å². The average Bonchev–Trinajstić information content (AvgIpc) is 3.36. The maximum atomic E-state index is 14.9. The number of ether oxygens (including phenoxy) is 1. The van der Waals surface area contributed by atoms with E-state index in [9.17, 15) is 4.39 Å². The maximum absolute atomic E-state index is 14.9. The summed E-state index contributed by atoms with van der Waals surface area (Å²) in [6.45, 7) is 3.68. The van der Waals surface area contributed by atoms with E-state index < -0.39 is 0 Å². The van der Waals surface area contributed by atoms with Crippen molar-refractivity contribution in [3.8, 4) is 5.75 Å². The molecule has 4 nitrogen and oxygen atoms in total. The summed E-state index contributed by atoms with van der Waals surface area (Å²) < 4.78 is 20.4. The Morgan fingerprint density at radius 1 is 0.906 bits per heavy atom. The van der Waals surface area contributed by atoms with Crippen LogP contribution in [0.15, 0.2) is 53.9 Å². The molecule has 0 amide bonds. The molecule has 6 heteroatoms. The van der Waals surface area contributed by atoms with Gasteiger partial charge in [-0.1, -0.05) is 49.6 Å². The quantitative estimate of drug-likeness (QED) is 0.485. The number of anilines is 2. The molecule has 2 heterocycles. The Labute approximate surface area is 193 Å². The number of hydrogen-bond donors (Lipinski definition) is 0. The first kappa shape index (κ1) is 21.3. The van der Waals surface area contributed by atoms with Gasteiger partial charge in [-0.05, 0) is 36.6 Å². The van der Waals surface area contributed by atoms with E-state index in [1.54, 1.807) is 30.6 Å². The second kappa shape index (κ2) is 9.10. The Morgan fingerprint density at radius 2 is 1.59 bits per heavy atom. The van der Waals surface area contributed by atoms with Crippen molar-refractivity contribution >= 4 is 22.2 Å². The molecule has 1 aliphatic carbocycles. The van der Waals surface area contributed by atoms with Gasteiger partial charge in [-0.25, -0.2) is 9.37 Å². The van der Waals surface area contributed by atoms with Gasteiger partial charge in [0.05, 0.1) is 18.5 Å². The van der Waals surface area contributed by atoms with Crippen LogP contribution in [0.3, 0.4) is 0 Å². The summed E-state index contributed by atoms with van der Waals surface area (Å²) >= 11 is 1.70. The van der Waals surface area contributed by atoms with Gasteiger partial charge in [0.15, 0.2) is 5.13 Å². The number of thiazole rings is 1. The first-order valence-corrected chi connectivity index (χ1v) is 12.4. The minimum atomic E-state index is -0.294. The highest BCUT2D eigenvalue weighted by Gasteiger charge is 2.40. The van der Waals surface area contributed by atoms with Crippen LogP contribution in [-0.2, 0) is 5.41 Å². The molecule has 1 saturated carbocycles. The lowest BCUT2D eigenvalue weighted by molar-refractivity contribution is 0.329. The lowest BCUT2D eigenvalue weighted by atomic mass is 9.67. The highest BCUT2D eigenvalue weighted by atomic mass is 32.1. The predicted molar refractivity (Wildman–Crippen MR) is 130 cm³/mol. The molecule has 2 fully saturated rings. The molecular formula is C26H30FN3OS. The molecule has 0 radical (unpaired) electrons. The molecule has 0 spiro atoms. The van der Waals surface area contributed by atoms with Crippen LogP contribution in [0.2, 0.25) is 0 Å². The van der Waals surface area contributed by atoms with E-state index in [4.69, 9.17) is 9.72 Å². The third-order valence-corrected chi connectivity index (χ3v) is 7.96. The fourth-order valence-electron chi connectivity index (χ4n) is 5.33. The minimum Gasteiger partial charge on any atom is -0.495 e. The summed E-state index contributed by atoms with van der Waals surface area (Å²) in [5.74, 6) is 0.816. The molecule has 0 atom stereocenters. The molecule has 32 heavy (non-hydrogen) atoms.